The van der Waals surface area contributed by atoms with Gasteiger partial charge in [-0.2, -0.15) is 0 Å². The minimum atomic E-state index is -0.289. The Morgan fingerprint density at radius 1 is 1.56 bits per heavy atom. The molecular formula is C14H17BrFNO. The van der Waals surface area contributed by atoms with Crippen molar-refractivity contribution in [2.75, 3.05) is 18.4 Å². The third kappa shape index (κ3) is 2.91. The highest BCUT2D eigenvalue weighted by molar-refractivity contribution is 9.09. The molecule has 4 heteroatoms. The van der Waals surface area contributed by atoms with Crippen LogP contribution < -0.4 is 0 Å². The molecule has 1 aliphatic heterocycles. The summed E-state index contributed by atoms with van der Waals surface area (Å²) in [6.45, 7) is 3.41. The number of likely N-dealkylation sites (tertiary alicyclic amines) is 1. The van der Waals surface area contributed by atoms with Crippen molar-refractivity contribution in [1.82, 2.24) is 4.90 Å². The van der Waals surface area contributed by atoms with Crippen LogP contribution in [0.5, 0.6) is 0 Å². The molecule has 1 atom stereocenters. The molecule has 0 radical (unpaired) electrons. The molecule has 2 nitrogen and oxygen atoms in total. The highest BCUT2D eigenvalue weighted by Crippen LogP contribution is 2.23. The molecule has 1 unspecified atom stereocenters. The average Bonchev–Trinajstić information content (AvgIpc) is 2.77. The van der Waals surface area contributed by atoms with Gasteiger partial charge in [-0.1, -0.05) is 15.9 Å². The predicted molar refractivity (Wildman–Crippen MR) is 73.6 cm³/mol. The summed E-state index contributed by atoms with van der Waals surface area (Å²) in [5.74, 6) is 0.335. The zero-order chi connectivity index (χ0) is 13.1. The zero-order valence-electron chi connectivity index (χ0n) is 10.5. The van der Waals surface area contributed by atoms with E-state index < -0.39 is 0 Å². The first-order chi connectivity index (χ1) is 8.61. The zero-order valence-corrected chi connectivity index (χ0v) is 12.0. The Labute approximate surface area is 115 Å². The van der Waals surface area contributed by atoms with Crippen molar-refractivity contribution >= 4 is 21.8 Å². The second kappa shape index (κ2) is 5.83. The Balaban J connectivity index is 2.08. The molecule has 1 saturated heterocycles. The number of carbonyl (C=O) groups is 1. The summed E-state index contributed by atoms with van der Waals surface area (Å²) < 4.78 is 13.0. The quantitative estimate of drug-likeness (QED) is 0.783. The molecule has 1 aromatic rings. The maximum Gasteiger partial charge on any atom is 0.254 e. The third-order valence-corrected chi connectivity index (χ3v) is 3.97. The van der Waals surface area contributed by atoms with Crippen LogP contribution in [0, 0.1) is 18.7 Å². The van der Waals surface area contributed by atoms with Gasteiger partial charge in [-0.15, -0.1) is 0 Å². The molecule has 0 aromatic heterocycles. The number of aryl methyl sites for hydroxylation is 1. The molecular weight excluding hydrogens is 297 g/mol. The normalized spacial score (nSPS) is 19.3. The largest absolute Gasteiger partial charge is 0.338 e. The maximum absolute atomic E-state index is 13.0. The van der Waals surface area contributed by atoms with Gasteiger partial charge < -0.3 is 4.90 Å². The number of rotatable bonds is 3. The van der Waals surface area contributed by atoms with Crippen LogP contribution in [0.3, 0.4) is 0 Å². The van der Waals surface area contributed by atoms with Crippen molar-refractivity contribution < 1.29 is 9.18 Å². The van der Waals surface area contributed by atoms with Gasteiger partial charge in [0.05, 0.1) is 0 Å². The topological polar surface area (TPSA) is 20.3 Å². The monoisotopic (exact) mass is 313 g/mol. The van der Waals surface area contributed by atoms with E-state index in [1.165, 1.54) is 12.1 Å². The first kappa shape index (κ1) is 13.5. The minimum Gasteiger partial charge on any atom is -0.338 e. The van der Waals surface area contributed by atoms with Crippen molar-refractivity contribution in [3.8, 4) is 0 Å². The fraction of sp³-hybridized carbons (Fsp3) is 0.500. The van der Waals surface area contributed by atoms with Crippen LogP contribution in [0.25, 0.3) is 0 Å². The van der Waals surface area contributed by atoms with Crippen LogP contribution in [0.1, 0.15) is 28.8 Å². The third-order valence-electron chi connectivity index (χ3n) is 3.51. The first-order valence-electron chi connectivity index (χ1n) is 6.23. The average molecular weight is 314 g/mol. The van der Waals surface area contributed by atoms with Gasteiger partial charge in [-0.3, -0.25) is 4.79 Å². The van der Waals surface area contributed by atoms with Gasteiger partial charge in [0.1, 0.15) is 5.82 Å². The molecule has 1 aromatic carbocycles. The van der Waals surface area contributed by atoms with E-state index in [9.17, 15) is 9.18 Å². The number of amides is 1. The van der Waals surface area contributed by atoms with E-state index in [2.05, 4.69) is 15.9 Å². The van der Waals surface area contributed by atoms with E-state index in [1.807, 2.05) is 4.90 Å². The molecule has 98 valence electrons. The van der Waals surface area contributed by atoms with Crippen molar-refractivity contribution in [1.29, 1.82) is 0 Å². The van der Waals surface area contributed by atoms with Gasteiger partial charge >= 0.3 is 0 Å². The molecule has 0 aliphatic carbocycles. The highest BCUT2D eigenvalue weighted by atomic mass is 79.9. The second-order valence-corrected chi connectivity index (χ2v) is 5.64. The van der Waals surface area contributed by atoms with E-state index in [0.29, 0.717) is 17.0 Å². The molecule has 0 bridgehead atoms. The molecule has 1 amide bonds. The van der Waals surface area contributed by atoms with E-state index >= 15 is 0 Å². The highest BCUT2D eigenvalue weighted by Gasteiger charge is 2.27. The first-order valence-corrected chi connectivity index (χ1v) is 7.35. The van der Waals surface area contributed by atoms with Gasteiger partial charge in [0.2, 0.25) is 0 Å². The Morgan fingerprint density at radius 3 is 3.00 bits per heavy atom. The molecule has 2 rings (SSSR count). The summed E-state index contributed by atoms with van der Waals surface area (Å²) in [7, 11) is 0. The van der Waals surface area contributed by atoms with Crippen molar-refractivity contribution in [2.24, 2.45) is 5.92 Å². The van der Waals surface area contributed by atoms with Gasteiger partial charge in [0, 0.05) is 24.0 Å². The Hall–Kier alpha value is -0.900. The fourth-order valence-electron chi connectivity index (χ4n) is 2.44. The van der Waals surface area contributed by atoms with Crippen LogP contribution in [-0.4, -0.2) is 29.2 Å². The van der Waals surface area contributed by atoms with Crippen molar-refractivity contribution in [2.45, 2.75) is 19.8 Å². The maximum atomic E-state index is 13.0. The summed E-state index contributed by atoms with van der Waals surface area (Å²) in [6, 6.07) is 4.36. The molecule has 0 spiro atoms. The number of carbonyl (C=O) groups excluding carboxylic acids is 1. The lowest BCUT2D eigenvalue weighted by atomic mass is 10.1. The fourth-order valence-corrected chi connectivity index (χ4v) is 3.09. The number of alkyl halides is 1. The van der Waals surface area contributed by atoms with Crippen molar-refractivity contribution in [3.05, 3.63) is 35.1 Å². The lowest BCUT2D eigenvalue weighted by Gasteiger charge is -2.17. The molecule has 1 fully saturated rings. The van der Waals surface area contributed by atoms with Gasteiger partial charge in [-0.25, -0.2) is 4.39 Å². The number of nitrogens with zero attached hydrogens (tertiary/aromatic N) is 1. The Bertz CT molecular complexity index is 449. The summed E-state index contributed by atoms with van der Waals surface area (Å²) in [5, 5.41) is 0.981. The molecule has 1 heterocycles. The lowest BCUT2D eigenvalue weighted by molar-refractivity contribution is 0.0786. The van der Waals surface area contributed by atoms with Crippen LogP contribution in [0.2, 0.25) is 0 Å². The van der Waals surface area contributed by atoms with E-state index in [-0.39, 0.29) is 11.7 Å². The van der Waals surface area contributed by atoms with Crippen LogP contribution in [0.4, 0.5) is 4.39 Å². The van der Waals surface area contributed by atoms with Gasteiger partial charge in [0.15, 0.2) is 0 Å². The Kier molecular flexibility index (Phi) is 4.38. The van der Waals surface area contributed by atoms with Gasteiger partial charge in [-0.05, 0) is 49.4 Å². The van der Waals surface area contributed by atoms with E-state index in [0.717, 1.165) is 31.3 Å². The summed E-state index contributed by atoms with van der Waals surface area (Å²) in [4.78, 5) is 14.2. The van der Waals surface area contributed by atoms with E-state index in [1.54, 1.807) is 13.0 Å². The van der Waals surface area contributed by atoms with Crippen LogP contribution in [-0.2, 0) is 0 Å². The SMILES string of the molecule is Cc1cc(F)ccc1C(=O)N1CCC(CCBr)C1. The molecule has 18 heavy (non-hydrogen) atoms. The standard InChI is InChI=1S/C14H17BrFNO/c1-10-8-12(16)2-3-13(10)14(18)17-7-5-11(9-17)4-6-15/h2-3,8,11H,4-7,9H2,1H3. The number of benzene rings is 1. The van der Waals surface area contributed by atoms with Crippen LogP contribution >= 0.6 is 15.9 Å². The smallest absolute Gasteiger partial charge is 0.254 e. The number of hydrogen-bond donors (Lipinski definition) is 0. The molecule has 0 saturated carbocycles. The van der Waals surface area contributed by atoms with Crippen molar-refractivity contribution in [3.63, 3.8) is 0 Å². The Morgan fingerprint density at radius 2 is 2.33 bits per heavy atom. The summed E-state index contributed by atoms with van der Waals surface area (Å²) in [6.07, 6.45) is 2.17. The summed E-state index contributed by atoms with van der Waals surface area (Å²) >= 11 is 3.44. The molecule has 1 aliphatic rings. The van der Waals surface area contributed by atoms with Crippen LogP contribution in [0.15, 0.2) is 18.2 Å². The summed E-state index contributed by atoms with van der Waals surface area (Å²) in [5.41, 5.74) is 1.33. The minimum absolute atomic E-state index is 0.0320. The van der Waals surface area contributed by atoms with E-state index in [4.69, 9.17) is 0 Å². The predicted octanol–water partition coefficient (Wildman–Crippen LogP) is 3.38. The number of halogens is 2. The second-order valence-electron chi connectivity index (χ2n) is 4.84. The van der Waals surface area contributed by atoms with Gasteiger partial charge in [0.25, 0.3) is 5.91 Å². The number of hydrogen-bond acceptors (Lipinski definition) is 1. The molecule has 0 N–H and O–H groups in total. The lowest BCUT2D eigenvalue weighted by Crippen LogP contribution is -2.29.